The van der Waals surface area contributed by atoms with Gasteiger partial charge in [-0.05, 0) is 72.0 Å². The summed E-state index contributed by atoms with van der Waals surface area (Å²) in [5.41, 5.74) is 4.63. The number of carbonyl (C=O) groups is 1. The van der Waals surface area contributed by atoms with Crippen LogP contribution in [0.2, 0.25) is 0 Å². The average molecular weight is 468 g/mol. The number of benzene rings is 2. The van der Waals surface area contributed by atoms with Gasteiger partial charge < -0.3 is 21.3 Å². The number of amides is 2. The van der Waals surface area contributed by atoms with E-state index in [2.05, 4.69) is 57.0 Å². The van der Waals surface area contributed by atoms with Crippen LogP contribution in [0.1, 0.15) is 31.9 Å². The third-order valence-corrected chi connectivity index (χ3v) is 5.26. The topological polar surface area (TPSA) is 104 Å². The monoisotopic (exact) mass is 467 g/mol. The number of nitrogens with zero attached hydrogens (tertiary/aromatic N) is 3. The first-order chi connectivity index (χ1) is 16.7. The van der Waals surface area contributed by atoms with Gasteiger partial charge in [0.2, 0.25) is 0 Å². The van der Waals surface area contributed by atoms with E-state index in [-0.39, 0.29) is 11.4 Å². The molecule has 2 amide bonds. The fraction of sp³-hybridized carbons (Fsp3) is 0.185. The van der Waals surface area contributed by atoms with Crippen molar-refractivity contribution in [3.05, 3.63) is 90.4 Å². The molecule has 0 unspecified atom stereocenters. The SMILES string of the molecule is Cc1ccnc(Nc2cc(Nc3ccc(NC(=O)Nc4ccc(C(C)(C)C)cc4)cc3)ncn2)c1. The van der Waals surface area contributed by atoms with Gasteiger partial charge in [0.1, 0.15) is 23.8 Å². The lowest BCUT2D eigenvalue weighted by Crippen LogP contribution is -2.19. The van der Waals surface area contributed by atoms with Crippen molar-refractivity contribution >= 4 is 40.5 Å². The summed E-state index contributed by atoms with van der Waals surface area (Å²) >= 11 is 0. The Bertz CT molecular complexity index is 1300. The van der Waals surface area contributed by atoms with Crippen molar-refractivity contribution < 1.29 is 4.79 Å². The zero-order chi connectivity index (χ0) is 24.8. The number of aromatic nitrogens is 3. The molecule has 35 heavy (non-hydrogen) atoms. The predicted octanol–water partition coefficient (Wildman–Crippen LogP) is 6.61. The molecule has 178 valence electrons. The second-order valence-electron chi connectivity index (χ2n) is 9.24. The van der Waals surface area contributed by atoms with Gasteiger partial charge in [0.25, 0.3) is 0 Å². The highest BCUT2D eigenvalue weighted by atomic mass is 16.2. The number of hydrogen-bond acceptors (Lipinski definition) is 6. The molecule has 0 saturated heterocycles. The highest BCUT2D eigenvalue weighted by molar-refractivity contribution is 5.99. The van der Waals surface area contributed by atoms with E-state index in [1.165, 1.54) is 11.9 Å². The molecule has 0 aliphatic heterocycles. The van der Waals surface area contributed by atoms with Crippen molar-refractivity contribution in [2.75, 3.05) is 21.3 Å². The van der Waals surface area contributed by atoms with Crippen molar-refractivity contribution in [1.29, 1.82) is 0 Å². The Labute approximate surface area is 205 Å². The molecule has 4 rings (SSSR count). The molecule has 2 heterocycles. The molecule has 0 fully saturated rings. The fourth-order valence-electron chi connectivity index (χ4n) is 3.36. The van der Waals surface area contributed by atoms with Crippen LogP contribution < -0.4 is 21.3 Å². The molecule has 0 bridgehead atoms. The quantitative estimate of drug-likeness (QED) is 0.254. The summed E-state index contributed by atoms with van der Waals surface area (Å²) in [6.07, 6.45) is 3.23. The molecule has 0 aliphatic carbocycles. The second-order valence-corrected chi connectivity index (χ2v) is 9.24. The van der Waals surface area contributed by atoms with Crippen LogP contribution in [0.4, 0.5) is 39.3 Å². The smallest absolute Gasteiger partial charge is 0.323 e. The molecule has 0 spiro atoms. The standard InChI is InChI=1S/C27H29N7O/c1-18-13-14-28-23(15-18)34-25-16-24(29-17-30-25)31-20-9-11-22(12-10-20)33-26(35)32-21-7-5-19(6-8-21)27(2,3)4/h5-17H,1-4H3,(H2,32,33,35)(H2,28,29,30,31,34). The summed E-state index contributed by atoms with van der Waals surface area (Å²) in [6, 6.07) is 20.6. The van der Waals surface area contributed by atoms with Crippen LogP contribution in [0.5, 0.6) is 0 Å². The van der Waals surface area contributed by atoms with E-state index in [4.69, 9.17) is 0 Å². The van der Waals surface area contributed by atoms with Crippen LogP contribution in [0.25, 0.3) is 0 Å². The number of pyridine rings is 1. The Morgan fingerprint density at radius 1 is 0.686 bits per heavy atom. The first kappa shape index (κ1) is 23.7. The van der Waals surface area contributed by atoms with Gasteiger partial charge >= 0.3 is 6.03 Å². The first-order valence-electron chi connectivity index (χ1n) is 11.3. The zero-order valence-electron chi connectivity index (χ0n) is 20.3. The van der Waals surface area contributed by atoms with Crippen LogP contribution in [0.15, 0.2) is 79.3 Å². The molecular weight excluding hydrogens is 438 g/mol. The van der Waals surface area contributed by atoms with Crippen LogP contribution in [-0.2, 0) is 5.41 Å². The Balaban J connectivity index is 1.33. The average Bonchev–Trinajstić information content (AvgIpc) is 2.80. The van der Waals surface area contributed by atoms with Crippen LogP contribution >= 0.6 is 0 Å². The number of urea groups is 1. The van der Waals surface area contributed by atoms with E-state index in [1.807, 2.05) is 67.6 Å². The molecule has 2 aromatic carbocycles. The van der Waals surface area contributed by atoms with E-state index in [0.717, 1.165) is 16.9 Å². The molecule has 0 aliphatic rings. The third-order valence-electron chi connectivity index (χ3n) is 5.26. The van der Waals surface area contributed by atoms with Crippen LogP contribution in [0.3, 0.4) is 0 Å². The molecule has 4 aromatic rings. The van der Waals surface area contributed by atoms with Gasteiger partial charge in [-0.2, -0.15) is 0 Å². The van der Waals surface area contributed by atoms with E-state index in [1.54, 1.807) is 12.3 Å². The maximum atomic E-state index is 12.4. The van der Waals surface area contributed by atoms with E-state index in [0.29, 0.717) is 23.1 Å². The molecule has 2 aromatic heterocycles. The van der Waals surface area contributed by atoms with Crippen molar-refractivity contribution in [1.82, 2.24) is 15.0 Å². The van der Waals surface area contributed by atoms with E-state index in [9.17, 15) is 4.79 Å². The number of carbonyl (C=O) groups excluding carboxylic acids is 1. The lowest BCUT2D eigenvalue weighted by Gasteiger charge is -2.19. The minimum atomic E-state index is -0.300. The lowest BCUT2D eigenvalue weighted by molar-refractivity contribution is 0.262. The molecule has 8 nitrogen and oxygen atoms in total. The number of nitrogens with one attached hydrogen (secondary N) is 4. The van der Waals surface area contributed by atoms with Gasteiger partial charge in [-0.1, -0.05) is 32.9 Å². The first-order valence-corrected chi connectivity index (χ1v) is 11.3. The Kier molecular flexibility index (Phi) is 6.91. The van der Waals surface area contributed by atoms with Gasteiger partial charge in [0, 0.05) is 29.3 Å². The minimum absolute atomic E-state index is 0.0681. The van der Waals surface area contributed by atoms with Gasteiger partial charge in [0.15, 0.2) is 0 Å². The molecule has 0 atom stereocenters. The minimum Gasteiger partial charge on any atom is -0.340 e. The second kappa shape index (κ2) is 10.2. The molecule has 4 N–H and O–H groups in total. The predicted molar refractivity (Wildman–Crippen MR) is 142 cm³/mol. The number of aryl methyl sites for hydroxylation is 1. The van der Waals surface area contributed by atoms with Crippen molar-refractivity contribution in [2.24, 2.45) is 0 Å². The van der Waals surface area contributed by atoms with Crippen molar-refractivity contribution in [3.8, 4) is 0 Å². The lowest BCUT2D eigenvalue weighted by atomic mass is 9.87. The maximum absolute atomic E-state index is 12.4. The Morgan fingerprint density at radius 2 is 1.23 bits per heavy atom. The van der Waals surface area contributed by atoms with Gasteiger partial charge in [0.05, 0.1) is 0 Å². The van der Waals surface area contributed by atoms with Gasteiger partial charge in [-0.3, -0.25) is 0 Å². The van der Waals surface area contributed by atoms with Crippen LogP contribution in [0, 0.1) is 6.92 Å². The molecular formula is C27H29N7O. The Hall–Kier alpha value is -4.46. The number of rotatable bonds is 6. The summed E-state index contributed by atoms with van der Waals surface area (Å²) in [6.45, 7) is 8.48. The van der Waals surface area contributed by atoms with E-state index >= 15 is 0 Å². The maximum Gasteiger partial charge on any atom is 0.323 e. The van der Waals surface area contributed by atoms with Crippen molar-refractivity contribution in [3.63, 3.8) is 0 Å². The highest BCUT2D eigenvalue weighted by Gasteiger charge is 2.13. The molecule has 8 heteroatoms. The third kappa shape index (κ3) is 6.77. The zero-order valence-corrected chi connectivity index (χ0v) is 20.3. The summed E-state index contributed by atoms with van der Waals surface area (Å²) in [7, 11) is 0. The van der Waals surface area contributed by atoms with Crippen molar-refractivity contribution in [2.45, 2.75) is 33.1 Å². The number of hydrogen-bond donors (Lipinski definition) is 4. The summed E-state index contributed by atoms with van der Waals surface area (Å²) in [5.74, 6) is 1.98. The van der Waals surface area contributed by atoms with Gasteiger partial charge in [-0.25, -0.2) is 19.7 Å². The molecule has 0 saturated carbocycles. The van der Waals surface area contributed by atoms with Gasteiger partial charge in [-0.15, -0.1) is 0 Å². The number of anilines is 6. The van der Waals surface area contributed by atoms with E-state index < -0.39 is 0 Å². The normalized spacial score (nSPS) is 11.0. The largest absolute Gasteiger partial charge is 0.340 e. The fourth-order valence-corrected chi connectivity index (χ4v) is 3.36. The Morgan fingerprint density at radius 3 is 1.83 bits per heavy atom. The van der Waals surface area contributed by atoms with Crippen LogP contribution in [-0.4, -0.2) is 21.0 Å². The summed E-state index contributed by atoms with van der Waals surface area (Å²) < 4.78 is 0. The summed E-state index contributed by atoms with van der Waals surface area (Å²) in [5, 5.41) is 12.1. The highest BCUT2D eigenvalue weighted by Crippen LogP contribution is 2.24. The summed E-state index contributed by atoms with van der Waals surface area (Å²) in [4.78, 5) is 25.2. The molecule has 0 radical (unpaired) electrons.